The molecule has 88 valence electrons. The van der Waals surface area contributed by atoms with Crippen molar-refractivity contribution in [3.63, 3.8) is 0 Å². The Balaban J connectivity index is 2.93. The summed E-state index contributed by atoms with van der Waals surface area (Å²) in [6, 6.07) is 0. The largest absolute Gasteiger partial charge is 0.455 e. The lowest BCUT2D eigenvalue weighted by Crippen LogP contribution is -2.25. The molecule has 0 aliphatic rings. The SMILES string of the molecule is CC(C)(C)OC(=O)c1nonc1C(=O)ON. The van der Waals surface area contributed by atoms with Crippen molar-refractivity contribution in [1.82, 2.24) is 10.3 Å². The average Bonchev–Trinajstić information content (AvgIpc) is 2.62. The molecule has 0 bridgehead atoms. The van der Waals surface area contributed by atoms with E-state index in [0.717, 1.165) is 0 Å². The van der Waals surface area contributed by atoms with Gasteiger partial charge in [-0.25, -0.2) is 14.2 Å². The molecule has 0 amide bonds. The van der Waals surface area contributed by atoms with Crippen molar-refractivity contribution >= 4 is 11.9 Å². The molecule has 0 radical (unpaired) electrons. The number of hydrogen-bond donors (Lipinski definition) is 1. The van der Waals surface area contributed by atoms with Crippen LogP contribution in [0.5, 0.6) is 0 Å². The van der Waals surface area contributed by atoms with E-state index in [0.29, 0.717) is 0 Å². The van der Waals surface area contributed by atoms with Crippen molar-refractivity contribution in [2.24, 2.45) is 5.90 Å². The van der Waals surface area contributed by atoms with Crippen molar-refractivity contribution in [1.29, 1.82) is 0 Å². The van der Waals surface area contributed by atoms with Crippen molar-refractivity contribution in [2.75, 3.05) is 0 Å². The van der Waals surface area contributed by atoms with Crippen molar-refractivity contribution in [3.8, 4) is 0 Å². The van der Waals surface area contributed by atoms with E-state index in [1.165, 1.54) is 0 Å². The lowest BCUT2D eigenvalue weighted by atomic mass is 10.2. The third-order valence-corrected chi connectivity index (χ3v) is 1.38. The molecule has 1 heterocycles. The Morgan fingerprint density at radius 3 is 2.12 bits per heavy atom. The summed E-state index contributed by atoms with van der Waals surface area (Å²) in [4.78, 5) is 26.5. The molecule has 0 aromatic carbocycles. The van der Waals surface area contributed by atoms with Crippen LogP contribution in [0.1, 0.15) is 41.7 Å². The fourth-order valence-corrected chi connectivity index (χ4v) is 0.839. The van der Waals surface area contributed by atoms with E-state index in [1.807, 2.05) is 0 Å². The summed E-state index contributed by atoms with van der Waals surface area (Å²) in [7, 11) is 0. The molecule has 16 heavy (non-hydrogen) atoms. The Morgan fingerprint density at radius 1 is 1.19 bits per heavy atom. The first kappa shape index (κ1) is 12.1. The number of ether oxygens (including phenoxy) is 1. The summed E-state index contributed by atoms with van der Waals surface area (Å²) in [6.45, 7) is 5.00. The Labute approximate surface area is 90.6 Å². The second-order valence-corrected chi connectivity index (χ2v) is 3.87. The maximum atomic E-state index is 11.5. The molecule has 0 saturated carbocycles. The zero-order valence-electron chi connectivity index (χ0n) is 9.01. The quantitative estimate of drug-likeness (QED) is 0.558. The van der Waals surface area contributed by atoms with E-state index in [2.05, 4.69) is 25.7 Å². The van der Waals surface area contributed by atoms with Gasteiger partial charge in [-0.15, -0.1) is 0 Å². The van der Waals surface area contributed by atoms with E-state index in [1.54, 1.807) is 20.8 Å². The van der Waals surface area contributed by atoms with Crippen LogP contribution < -0.4 is 5.90 Å². The van der Waals surface area contributed by atoms with Crippen LogP contribution in [0.2, 0.25) is 0 Å². The molecule has 0 fully saturated rings. The molecular weight excluding hydrogens is 218 g/mol. The van der Waals surface area contributed by atoms with Crippen LogP contribution in [-0.4, -0.2) is 27.9 Å². The summed E-state index contributed by atoms with van der Waals surface area (Å²) in [5.41, 5.74) is -1.51. The minimum absolute atomic E-state index is 0.370. The molecule has 0 saturated heterocycles. The number of carbonyl (C=O) groups excluding carboxylic acids is 2. The number of aromatic nitrogens is 2. The monoisotopic (exact) mass is 229 g/mol. The van der Waals surface area contributed by atoms with Gasteiger partial charge in [0.1, 0.15) is 5.60 Å². The second-order valence-electron chi connectivity index (χ2n) is 3.87. The Kier molecular flexibility index (Phi) is 3.23. The van der Waals surface area contributed by atoms with E-state index < -0.39 is 23.2 Å². The third-order valence-electron chi connectivity index (χ3n) is 1.38. The molecule has 0 aliphatic carbocycles. The normalized spacial score (nSPS) is 11.0. The topological polar surface area (TPSA) is 118 Å². The van der Waals surface area contributed by atoms with Gasteiger partial charge in [-0.1, -0.05) is 0 Å². The molecule has 8 nitrogen and oxygen atoms in total. The molecular formula is C8H11N3O5. The Morgan fingerprint density at radius 2 is 1.69 bits per heavy atom. The highest BCUT2D eigenvalue weighted by Crippen LogP contribution is 2.13. The minimum Gasteiger partial charge on any atom is -0.455 e. The first-order valence-electron chi connectivity index (χ1n) is 4.32. The molecule has 0 aliphatic heterocycles. The van der Waals surface area contributed by atoms with Crippen molar-refractivity contribution < 1.29 is 23.8 Å². The van der Waals surface area contributed by atoms with Crippen LogP contribution in [0.15, 0.2) is 4.63 Å². The highest BCUT2D eigenvalue weighted by atomic mass is 16.7. The molecule has 1 rings (SSSR count). The lowest BCUT2D eigenvalue weighted by molar-refractivity contribution is 0.00539. The predicted molar refractivity (Wildman–Crippen MR) is 49.1 cm³/mol. The highest BCUT2D eigenvalue weighted by molar-refractivity contribution is 5.99. The van der Waals surface area contributed by atoms with Crippen molar-refractivity contribution in [2.45, 2.75) is 26.4 Å². The summed E-state index contributed by atoms with van der Waals surface area (Å²) in [5.74, 6) is 2.78. The maximum absolute atomic E-state index is 11.5. The van der Waals surface area contributed by atoms with Gasteiger partial charge in [-0.05, 0) is 31.1 Å². The highest BCUT2D eigenvalue weighted by Gasteiger charge is 2.29. The molecule has 0 unspecified atom stereocenters. The smallest absolute Gasteiger partial charge is 0.381 e. The molecule has 1 aromatic rings. The van der Waals surface area contributed by atoms with Gasteiger partial charge < -0.3 is 9.57 Å². The van der Waals surface area contributed by atoms with Gasteiger partial charge in [0.25, 0.3) is 0 Å². The average molecular weight is 229 g/mol. The van der Waals surface area contributed by atoms with Crippen molar-refractivity contribution in [3.05, 3.63) is 11.4 Å². The van der Waals surface area contributed by atoms with Crippen LogP contribution in [0.4, 0.5) is 0 Å². The maximum Gasteiger partial charge on any atom is 0.381 e. The van der Waals surface area contributed by atoms with Gasteiger partial charge in [-0.2, -0.15) is 5.90 Å². The summed E-state index contributed by atoms with van der Waals surface area (Å²) in [6.07, 6.45) is 0. The lowest BCUT2D eigenvalue weighted by Gasteiger charge is -2.18. The van der Waals surface area contributed by atoms with E-state index in [9.17, 15) is 9.59 Å². The number of nitrogens with zero attached hydrogens (tertiary/aromatic N) is 2. The zero-order valence-corrected chi connectivity index (χ0v) is 9.01. The van der Waals surface area contributed by atoms with E-state index in [4.69, 9.17) is 4.74 Å². The number of nitrogens with two attached hydrogens (primary N) is 1. The molecule has 2 N–H and O–H groups in total. The number of esters is 1. The van der Waals surface area contributed by atoms with E-state index >= 15 is 0 Å². The molecule has 0 spiro atoms. The molecule has 1 aromatic heterocycles. The molecule has 8 heteroatoms. The Bertz CT molecular complexity index is 406. The van der Waals surface area contributed by atoms with E-state index in [-0.39, 0.29) is 5.69 Å². The van der Waals surface area contributed by atoms with Gasteiger partial charge in [0.05, 0.1) is 0 Å². The second kappa shape index (κ2) is 4.27. The number of rotatable bonds is 2. The van der Waals surface area contributed by atoms with Gasteiger partial charge in [-0.3, -0.25) is 0 Å². The third kappa shape index (κ3) is 2.76. The van der Waals surface area contributed by atoms with Gasteiger partial charge in [0, 0.05) is 0 Å². The minimum atomic E-state index is -1.03. The number of hydrogen-bond acceptors (Lipinski definition) is 8. The van der Waals surface area contributed by atoms with Gasteiger partial charge in [0.2, 0.25) is 11.4 Å². The summed E-state index contributed by atoms with van der Waals surface area (Å²) < 4.78 is 9.21. The summed E-state index contributed by atoms with van der Waals surface area (Å²) in [5, 5.41) is 6.45. The van der Waals surface area contributed by atoms with Gasteiger partial charge >= 0.3 is 11.9 Å². The zero-order chi connectivity index (χ0) is 12.3. The van der Waals surface area contributed by atoms with Crippen LogP contribution in [0, 0.1) is 0 Å². The Hall–Kier alpha value is -1.96. The first-order chi connectivity index (χ1) is 7.35. The summed E-state index contributed by atoms with van der Waals surface area (Å²) >= 11 is 0. The number of carbonyl (C=O) groups is 2. The first-order valence-corrected chi connectivity index (χ1v) is 4.32. The molecule has 0 atom stereocenters. The van der Waals surface area contributed by atoms with Gasteiger partial charge in [0.15, 0.2) is 0 Å². The predicted octanol–water partition coefficient (Wildman–Crippen LogP) is 0.0554. The van der Waals surface area contributed by atoms with Crippen LogP contribution >= 0.6 is 0 Å². The van der Waals surface area contributed by atoms with Crippen LogP contribution in [-0.2, 0) is 9.57 Å². The standard InChI is InChI=1S/C8H11N3O5/c1-8(2,3)14-6(12)4-5(7(13)15-9)11-16-10-4/h9H2,1-3H3. The fourth-order valence-electron chi connectivity index (χ4n) is 0.839. The fraction of sp³-hybridized carbons (Fsp3) is 0.500. The van der Waals surface area contributed by atoms with Crippen LogP contribution in [0.25, 0.3) is 0 Å². The van der Waals surface area contributed by atoms with Crippen LogP contribution in [0.3, 0.4) is 0 Å².